The van der Waals surface area contributed by atoms with Crippen molar-refractivity contribution in [2.24, 2.45) is 23.7 Å². The molecular formula is C54H51NS. The summed E-state index contributed by atoms with van der Waals surface area (Å²) in [7, 11) is 0. The number of thiophene rings is 1. The van der Waals surface area contributed by atoms with E-state index in [4.69, 9.17) is 0 Å². The van der Waals surface area contributed by atoms with E-state index in [1.54, 1.807) is 11.1 Å². The summed E-state index contributed by atoms with van der Waals surface area (Å²) in [6.45, 7) is 9.80. The first-order valence-corrected chi connectivity index (χ1v) is 22.2. The Bertz CT molecular complexity index is 2700. The van der Waals surface area contributed by atoms with Gasteiger partial charge >= 0.3 is 0 Å². The van der Waals surface area contributed by atoms with Gasteiger partial charge in [-0.25, -0.2) is 0 Å². The van der Waals surface area contributed by atoms with Crippen LogP contribution in [0, 0.1) is 23.7 Å². The molecule has 6 aliphatic carbocycles. The average Bonchev–Trinajstić information content (AvgIpc) is 3.72. The quantitative estimate of drug-likeness (QED) is 0.173. The topological polar surface area (TPSA) is 3.24 Å². The fourth-order valence-corrected chi connectivity index (χ4v) is 14.4. The number of anilines is 3. The molecule has 1 nitrogen and oxygen atoms in total. The molecule has 6 aromatic carbocycles. The Morgan fingerprint density at radius 3 is 1.95 bits per heavy atom. The van der Waals surface area contributed by atoms with Crippen LogP contribution in [0.25, 0.3) is 42.4 Å². The Morgan fingerprint density at radius 1 is 0.500 bits per heavy atom. The van der Waals surface area contributed by atoms with E-state index in [2.05, 4.69) is 160 Å². The number of fused-ring (bicyclic) bond motifs is 7. The second kappa shape index (κ2) is 11.7. The van der Waals surface area contributed by atoms with Crippen LogP contribution >= 0.6 is 11.3 Å². The summed E-state index contributed by atoms with van der Waals surface area (Å²) in [5.41, 5.74) is 16.1. The minimum atomic E-state index is 0.0667. The van der Waals surface area contributed by atoms with Gasteiger partial charge in [-0.3, -0.25) is 0 Å². The highest BCUT2D eigenvalue weighted by atomic mass is 32.1. The first-order valence-electron chi connectivity index (χ1n) is 21.4. The van der Waals surface area contributed by atoms with Crippen molar-refractivity contribution in [2.75, 3.05) is 4.90 Å². The maximum Gasteiger partial charge on any atom is 0.0502 e. The number of nitrogens with zero attached hydrogens (tertiary/aromatic N) is 1. The van der Waals surface area contributed by atoms with E-state index < -0.39 is 0 Å². The highest BCUT2D eigenvalue weighted by Gasteiger charge is 2.61. The molecule has 13 rings (SSSR count). The fourth-order valence-electron chi connectivity index (χ4n) is 13.3. The average molecular weight is 746 g/mol. The third-order valence-electron chi connectivity index (χ3n) is 15.7. The lowest BCUT2D eigenvalue weighted by atomic mass is 9.43. The Labute approximate surface area is 336 Å². The summed E-state index contributed by atoms with van der Waals surface area (Å²) in [6.07, 6.45) is 9.54. The zero-order valence-electron chi connectivity index (χ0n) is 33.2. The molecule has 0 N–H and O–H groups in total. The number of rotatable bonds is 4. The van der Waals surface area contributed by atoms with Crippen molar-refractivity contribution in [1.29, 1.82) is 0 Å². The monoisotopic (exact) mass is 745 g/mol. The lowest BCUT2D eigenvalue weighted by Crippen LogP contribution is -2.55. The molecule has 6 aliphatic rings. The van der Waals surface area contributed by atoms with Gasteiger partial charge in [0.25, 0.3) is 0 Å². The minimum absolute atomic E-state index is 0.0667. The van der Waals surface area contributed by atoms with E-state index in [9.17, 15) is 0 Å². The SMILES string of the molecule is CC1(C)CCC(C)(C)c2c(N(c3ccc(-c4ccc5c(c4)C4(c6ccccc6-5)C5CC6CC(C5)CC4C6)cc3)c3ccc4c(c3)sc3ccccc34)cccc21. The van der Waals surface area contributed by atoms with Crippen LogP contribution in [0.3, 0.4) is 0 Å². The van der Waals surface area contributed by atoms with Gasteiger partial charge in [0, 0.05) is 37.0 Å². The van der Waals surface area contributed by atoms with E-state index in [1.165, 1.54) is 116 Å². The second-order valence-corrected chi connectivity index (χ2v) is 20.7. The van der Waals surface area contributed by atoms with Crippen LogP contribution in [0.1, 0.15) is 94.9 Å². The van der Waals surface area contributed by atoms with Gasteiger partial charge in [0.2, 0.25) is 0 Å². The van der Waals surface area contributed by atoms with E-state index >= 15 is 0 Å². The van der Waals surface area contributed by atoms with Gasteiger partial charge in [0.1, 0.15) is 0 Å². The van der Waals surface area contributed by atoms with Crippen LogP contribution in [0.4, 0.5) is 17.1 Å². The van der Waals surface area contributed by atoms with Crippen LogP contribution in [0.5, 0.6) is 0 Å². The first kappa shape index (κ1) is 33.5. The fraction of sp³-hybridized carbons (Fsp3) is 0.333. The van der Waals surface area contributed by atoms with Crippen LogP contribution in [0.15, 0.2) is 127 Å². The zero-order chi connectivity index (χ0) is 37.6. The molecule has 4 bridgehead atoms. The van der Waals surface area contributed by atoms with Crippen molar-refractivity contribution in [2.45, 2.75) is 88.9 Å². The molecule has 0 radical (unpaired) electrons. The smallest absolute Gasteiger partial charge is 0.0502 e. The Balaban J connectivity index is 0.999. The van der Waals surface area contributed by atoms with Gasteiger partial charge in [0.05, 0.1) is 5.69 Å². The lowest BCUT2D eigenvalue weighted by molar-refractivity contribution is -0.0399. The summed E-state index contributed by atoms with van der Waals surface area (Å²) in [4.78, 5) is 2.57. The van der Waals surface area contributed by atoms with Crippen LogP contribution in [0.2, 0.25) is 0 Å². The third kappa shape index (κ3) is 4.60. The molecule has 0 atom stereocenters. The first-order chi connectivity index (χ1) is 27.2. The molecule has 0 amide bonds. The van der Waals surface area contributed by atoms with Crippen LogP contribution in [-0.2, 0) is 16.2 Å². The number of hydrogen-bond acceptors (Lipinski definition) is 2. The maximum absolute atomic E-state index is 2.64. The molecule has 1 spiro atoms. The molecule has 4 fully saturated rings. The van der Waals surface area contributed by atoms with Crippen molar-refractivity contribution in [3.8, 4) is 22.3 Å². The van der Waals surface area contributed by atoms with Gasteiger partial charge in [-0.1, -0.05) is 113 Å². The van der Waals surface area contributed by atoms with Crippen molar-refractivity contribution in [1.82, 2.24) is 0 Å². The van der Waals surface area contributed by atoms with E-state index in [0.29, 0.717) is 0 Å². The van der Waals surface area contributed by atoms with Gasteiger partial charge < -0.3 is 4.90 Å². The van der Waals surface area contributed by atoms with E-state index in [0.717, 1.165) is 23.7 Å². The van der Waals surface area contributed by atoms with Gasteiger partial charge in [0.15, 0.2) is 0 Å². The highest BCUT2D eigenvalue weighted by molar-refractivity contribution is 7.25. The maximum atomic E-state index is 2.64. The number of benzene rings is 6. The van der Waals surface area contributed by atoms with Gasteiger partial charge in [-0.15, -0.1) is 11.3 Å². The summed E-state index contributed by atoms with van der Waals surface area (Å²) in [5.74, 6) is 3.45. The Morgan fingerprint density at radius 2 is 1.14 bits per heavy atom. The summed E-state index contributed by atoms with van der Waals surface area (Å²) < 4.78 is 2.69. The van der Waals surface area contributed by atoms with Crippen molar-refractivity contribution in [3.63, 3.8) is 0 Å². The predicted molar refractivity (Wildman–Crippen MR) is 238 cm³/mol. The Hall–Kier alpha value is -4.66. The molecule has 0 unspecified atom stereocenters. The molecule has 1 aromatic heterocycles. The normalized spacial score (nSPS) is 26.1. The molecule has 0 aliphatic heterocycles. The van der Waals surface area contributed by atoms with Crippen LogP contribution < -0.4 is 4.90 Å². The molecule has 0 saturated heterocycles. The molecular weight excluding hydrogens is 695 g/mol. The molecule has 4 saturated carbocycles. The predicted octanol–water partition coefficient (Wildman–Crippen LogP) is 15.3. The van der Waals surface area contributed by atoms with Gasteiger partial charge in [-0.05, 0) is 166 Å². The molecule has 7 aromatic rings. The van der Waals surface area contributed by atoms with Crippen molar-refractivity contribution < 1.29 is 0 Å². The zero-order valence-corrected chi connectivity index (χ0v) is 34.1. The molecule has 278 valence electrons. The highest BCUT2D eigenvalue weighted by Crippen LogP contribution is 2.69. The van der Waals surface area contributed by atoms with Crippen LogP contribution in [-0.4, -0.2) is 0 Å². The summed E-state index contributed by atoms with van der Waals surface area (Å²) >= 11 is 1.91. The molecule has 1 heterocycles. The standard InChI is InChI=1S/C54H51NS/c1-52(2)24-25-53(3,4)51-46(52)13-9-14-48(51)55(40-21-23-44-43-11-6-8-15-49(43)56-50(44)32-40)39-19-16-35(17-20-39)36-18-22-42-41-10-5-7-12-45(41)54(47(42)31-36)37-27-33-26-34(29-37)30-38(54)28-33/h5-23,31-34,37-38H,24-30H2,1-4H3. The molecule has 2 heteroatoms. The summed E-state index contributed by atoms with van der Waals surface area (Å²) in [5, 5.41) is 2.69. The lowest BCUT2D eigenvalue weighted by Gasteiger charge is -2.61. The van der Waals surface area contributed by atoms with E-state index in [-0.39, 0.29) is 16.2 Å². The minimum Gasteiger partial charge on any atom is -0.310 e. The van der Waals surface area contributed by atoms with Crippen molar-refractivity contribution >= 4 is 48.6 Å². The summed E-state index contributed by atoms with van der Waals surface area (Å²) in [6, 6.07) is 49.7. The van der Waals surface area contributed by atoms with Crippen molar-refractivity contribution in [3.05, 3.63) is 150 Å². The second-order valence-electron chi connectivity index (χ2n) is 19.6. The number of hydrogen-bond donors (Lipinski definition) is 0. The third-order valence-corrected chi connectivity index (χ3v) is 16.8. The van der Waals surface area contributed by atoms with Gasteiger partial charge in [-0.2, -0.15) is 0 Å². The Kier molecular flexibility index (Phi) is 6.99. The molecule has 56 heavy (non-hydrogen) atoms. The largest absolute Gasteiger partial charge is 0.310 e. The van der Waals surface area contributed by atoms with E-state index in [1.807, 2.05) is 11.3 Å².